The quantitative estimate of drug-likeness (QED) is 0.0738. The van der Waals surface area contributed by atoms with Crippen LogP contribution < -0.4 is 22.3 Å². The Hall–Kier alpha value is -3.38. The molecule has 1 aliphatic heterocycles. The maximum atomic E-state index is 13.3. The fraction of sp³-hybridized carbons (Fsp3) is 0.538. The van der Waals surface area contributed by atoms with Crippen molar-refractivity contribution in [2.75, 3.05) is 57.8 Å². The van der Waals surface area contributed by atoms with Crippen LogP contribution in [0.5, 0.6) is 0 Å². The molecule has 1 amide bonds. The Kier molecular flexibility index (Phi) is 21.4. The molecule has 1 aliphatic rings. The van der Waals surface area contributed by atoms with Crippen molar-refractivity contribution in [1.29, 1.82) is 0 Å². The van der Waals surface area contributed by atoms with Gasteiger partial charge in [-0.15, -0.1) is 0 Å². The minimum Gasteiger partial charge on any atom is -1.00 e. The molecule has 2 aromatic rings. The molecule has 10 nitrogen and oxygen atoms in total. The van der Waals surface area contributed by atoms with E-state index in [1.54, 1.807) is 0 Å². The number of ether oxygens (including phenoxy) is 2. The van der Waals surface area contributed by atoms with E-state index in [1.165, 1.54) is 16.7 Å². The Labute approximate surface area is 309 Å². The van der Waals surface area contributed by atoms with Crippen molar-refractivity contribution in [1.82, 2.24) is 4.90 Å². The van der Waals surface area contributed by atoms with Crippen LogP contribution in [0.3, 0.4) is 0 Å². The van der Waals surface area contributed by atoms with Crippen molar-refractivity contribution < 1.29 is 55.2 Å². The number of anilines is 1. The van der Waals surface area contributed by atoms with Crippen molar-refractivity contribution in [3.63, 3.8) is 0 Å². The Balaban J connectivity index is 0.00000124. The number of carboxylic acids is 1. The van der Waals surface area contributed by atoms with Crippen molar-refractivity contribution >= 4 is 29.8 Å². The highest BCUT2D eigenvalue weighted by molar-refractivity contribution is 5.96. The Bertz CT molecular complexity index is 1360. The van der Waals surface area contributed by atoms with Crippen LogP contribution >= 0.6 is 0 Å². The first-order chi connectivity index (χ1) is 23.5. The molecule has 0 aromatic heterocycles. The molecule has 2 N–H and O–H groups in total. The SMILES string of the molecule is CCCC[N+](CC)(CCOCCN1CCCCC1C(=O)Nc1c(C)cccc1C)CC(=O)Cc1c(C)cccc1C.O=CO/C=C\C(=O)O.[Br-]. The van der Waals surface area contributed by atoms with Crippen LogP contribution in [0.15, 0.2) is 48.7 Å². The number of hydrogen-bond acceptors (Lipinski definition) is 7. The van der Waals surface area contributed by atoms with Gasteiger partial charge >= 0.3 is 5.97 Å². The number of ketones is 1. The third-order valence-corrected chi connectivity index (χ3v) is 9.41. The zero-order valence-electron chi connectivity index (χ0n) is 30.8. The number of nitrogens with zero attached hydrogens (tertiary/aromatic N) is 2. The lowest BCUT2D eigenvalue weighted by molar-refractivity contribution is -0.919. The molecule has 0 saturated carbocycles. The monoisotopic (exact) mass is 759 g/mol. The number of carbonyl (C=O) groups is 4. The van der Waals surface area contributed by atoms with E-state index in [2.05, 4.69) is 60.8 Å². The first-order valence-electron chi connectivity index (χ1n) is 17.6. The van der Waals surface area contributed by atoms with Gasteiger partial charge in [0.15, 0.2) is 5.78 Å². The second-order valence-corrected chi connectivity index (χ2v) is 13.0. The summed E-state index contributed by atoms with van der Waals surface area (Å²) < 4.78 is 10.9. The number of carboxylic acid groups (broad SMARTS) is 1. The van der Waals surface area contributed by atoms with Gasteiger partial charge in [0.25, 0.3) is 6.47 Å². The second-order valence-electron chi connectivity index (χ2n) is 13.0. The van der Waals surface area contributed by atoms with E-state index in [0.717, 1.165) is 92.4 Å². The number of likely N-dealkylation sites (N-methyl/N-ethyl adjacent to an activating group) is 1. The van der Waals surface area contributed by atoms with Crippen molar-refractivity contribution in [2.45, 2.75) is 86.1 Å². The summed E-state index contributed by atoms with van der Waals surface area (Å²) in [7, 11) is 0. The first kappa shape index (κ1) is 44.6. The Morgan fingerprint density at radius 1 is 0.960 bits per heavy atom. The van der Waals surface area contributed by atoms with Gasteiger partial charge in [0, 0.05) is 18.7 Å². The molecular weight excluding hydrogens is 702 g/mol. The van der Waals surface area contributed by atoms with Crippen LogP contribution in [-0.2, 0) is 35.1 Å². The number of quaternary nitrogens is 1. The summed E-state index contributed by atoms with van der Waals surface area (Å²) in [6.45, 7) is 19.1. The van der Waals surface area contributed by atoms with E-state index in [9.17, 15) is 19.2 Å². The average Bonchev–Trinajstić information content (AvgIpc) is 3.07. The van der Waals surface area contributed by atoms with Gasteiger partial charge in [-0.2, -0.15) is 0 Å². The van der Waals surface area contributed by atoms with E-state index in [0.29, 0.717) is 38.0 Å². The predicted octanol–water partition coefficient (Wildman–Crippen LogP) is 2.94. The van der Waals surface area contributed by atoms with Gasteiger partial charge in [-0.3, -0.25) is 19.3 Å². The zero-order valence-corrected chi connectivity index (χ0v) is 32.4. The van der Waals surface area contributed by atoms with Gasteiger partial charge in [0.1, 0.15) is 19.4 Å². The lowest BCUT2D eigenvalue weighted by Crippen LogP contribution is -3.00. The fourth-order valence-electron chi connectivity index (χ4n) is 6.39. The van der Waals surface area contributed by atoms with Crippen molar-refractivity contribution in [3.05, 3.63) is 76.6 Å². The average molecular weight is 761 g/mol. The molecule has 0 spiro atoms. The van der Waals surface area contributed by atoms with E-state index in [1.807, 2.05) is 32.0 Å². The summed E-state index contributed by atoms with van der Waals surface area (Å²) in [6.07, 6.45) is 7.30. The van der Waals surface area contributed by atoms with Crippen LogP contribution in [-0.4, -0.2) is 97.1 Å². The number of nitrogens with one attached hydrogen (secondary N) is 1. The molecule has 11 heteroatoms. The molecule has 0 aliphatic carbocycles. The number of amides is 1. The molecule has 1 heterocycles. The van der Waals surface area contributed by atoms with E-state index in [-0.39, 0.29) is 35.4 Å². The number of aliphatic carboxylic acids is 1. The van der Waals surface area contributed by atoms with Gasteiger partial charge < -0.3 is 41.4 Å². The predicted molar refractivity (Wildman–Crippen MR) is 193 cm³/mol. The maximum Gasteiger partial charge on any atom is 0.331 e. The normalized spacial score (nSPS) is 15.6. The van der Waals surface area contributed by atoms with Crippen molar-refractivity contribution in [3.8, 4) is 0 Å². The molecule has 2 atom stereocenters. The third kappa shape index (κ3) is 15.2. The smallest absolute Gasteiger partial charge is 0.331 e. The molecule has 0 bridgehead atoms. The summed E-state index contributed by atoms with van der Waals surface area (Å²) in [5, 5.41) is 11.1. The number of halogens is 1. The summed E-state index contributed by atoms with van der Waals surface area (Å²) >= 11 is 0. The third-order valence-electron chi connectivity index (χ3n) is 9.41. The summed E-state index contributed by atoms with van der Waals surface area (Å²) in [5.41, 5.74) is 6.70. The molecule has 1 fully saturated rings. The summed E-state index contributed by atoms with van der Waals surface area (Å²) in [6, 6.07) is 12.3. The van der Waals surface area contributed by atoms with Crippen LogP contribution in [0.2, 0.25) is 0 Å². The fourth-order valence-corrected chi connectivity index (χ4v) is 6.39. The Morgan fingerprint density at radius 2 is 1.60 bits per heavy atom. The molecule has 0 radical (unpaired) electrons. The molecule has 50 heavy (non-hydrogen) atoms. The molecule has 278 valence electrons. The van der Waals surface area contributed by atoms with E-state index in [4.69, 9.17) is 9.84 Å². The largest absolute Gasteiger partial charge is 1.00 e. The van der Waals surface area contributed by atoms with E-state index < -0.39 is 5.97 Å². The number of rotatable bonds is 19. The maximum absolute atomic E-state index is 13.3. The highest BCUT2D eigenvalue weighted by atomic mass is 79.9. The van der Waals surface area contributed by atoms with Gasteiger partial charge in [-0.1, -0.05) is 56.2 Å². The summed E-state index contributed by atoms with van der Waals surface area (Å²) in [4.78, 5) is 47.8. The topological polar surface area (TPSA) is 122 Å². The first-order valence-corrected chi connectivity index (χ1v) is 17.6. The van der Waals surface area contributed by atoms with Crippen molar-refractivity contribution in [2.24, 2.45) is 0 Å². The second kappa shape index (κ2) is 23.9. The highest BCUT2D eigenvalue weighted by Crippen LogP contribution is 2.23. The molecule has 2 aromatic carbocycles. The van der Waals surface area contributed by atoms with Crippen LogP contribution in [0.1, 0.15) is 73.8 Å². The van der Waals surface area contributed by atoms with Gasteiger partial charge in [-0.25, -0.2) is 4.79 Å². The van der Waals surface area contributed by atoms with Gasteiger partial charge in [0.05, 0.1) is 38.4 Å². The number of Topliss-reactive ketones (excluding diaryl/α,β-unsaturated/α-hetero) is 1. The number of likely N-dealkylation sites (tertiary alicyclic amines) is 1. The lowest BCUT2D eigenvalue weighted by atomic mass is 9.97. The van der Waals surface area contributed by atoms with Crippen LogP contribution in [0, 0.1) is 27.7 Å². The van der Waals surface area contributed by atoms with Crippen LogP contribution in [0.4, 0.5) is 5.69 Å². The molecule has 1 saturated heterocycles. The van der Waals surface area contributed by atoms with E-state index >= 15 is 0 Å². The number of piperidine rings is 1. The zero-order chi connectivity index (χ0) is 36.2. The van der Waals surface area contributed by atoms with Crippen LogP contribution in [0.25, 0.3) is 0 Å². The minimum absolute atomic E-state index is 0. The minimum atomic E-state index is -1.15. The highest BCUT2D eigenvalue weighted by Gasteiger charge is 2.30. The molecule has 2 unspecified atom stereocenters. The number of aryl methyl sites for hydroxylation is 4. The number of para-hydroxylation sites is 1. The standard InChI is InChI=1S/C35H53N3O3.C4H4O4.BrH/c1-7-9-21-38(8-2,26-31(39)25-32-27(3)14-12-15-28(32)4)22-24-41-23-20-37-19-11-10-18-33(37)35(40)36-34-29(5)16-13-17-30(34)6;5-3-8-2-1-4(6)7;/h12-17,33H,7-11,18-26H2,1-6H3;1-3H,(H,6,7);1H/b;2-1-;. The van der Waals surface area contributed by atoms with Gasteiger partial charge in [0.2, 0.25) is 5.91 Å². The number of carbonyl (C=O) groups excluding carboxylic acids is 3. The van der Waals surface area contributed by atoms with Gasteiger partial charge in [-0.05, 0) is 88.2 Å². The number of unbranched alkanes of at least 4 members (excludes halogenated alkanes) is 1. The lowest BCUT2D eigenvalue weighted by Gasteiger charge is -2.38. The molecule has 3 rings (SSSR count). The number of benzene rings is 2. The Morgan fingerprint density at radius 3 is 2.18 bits per heavy atom. The number of hydrogen-bond donors (Lipinski definition) is 2. The summed E-state index contributed by atoms with van der Waals surface area (Å²) in [5.74, 6) is -0.746. The molecular formula is C39H58BrN3O7.